The maximum Gasteiger partial charge on any atom is 0.255 e. The second-order valence-corrected chi connectivity index (χ2v) is 7.66. The number of nitrogens with zero attached hydrogens (tertiary/aromatic N) is 1. The SMILES string of the molecule is O=C1c2ccccc2C2(c3cccc4ccccc34)SCCCN12. The van der Waals surface area contributed by atoms with Gasteiger partial charge < -0.3 is 4.90 Å². The highest BCUT2D eigenvalue weighted by molar-refractivity contribution is 8.00. The summed E-state index contributed by atoms with van der Waals surface area (Å²) >= 11 is 1.90. The quantitative estimate of drug-likeness (QED) is 0.648. The Bertz CT molecular complexity index is 961. The molecule has 24 heavy (non-hydrogen) atoms. The van der Waals surface area contributed by atoms with Crippen LogP contribution in [0.15, 0.2) is 66.7 Å². The van der Waals surface area contributed by atoms with E-state index in [0.29, 0.717) is 0 Å². The van der Waals surface area contributed by atoms with Gasteiger partial charge in [-0.15, -0.1) is 11.8 Å². The van der Waals surface area contributed by atoms with Crippen LogP contribution in [0.2, 0.25) is 0 Å². The number of carbonyl (C=O) groups is 1. The van der Waals surface area contributed by atoms with E-state index in [1.807, 2.05) is 23.9 Å². The summed E-state index contributed by atoms with van der Waals surface area (Å²) in [6, 6.07) is 23.1. The molecule has 118 valence electrons. The minimum absolute atomic E-state index is 0.172. The molecule has 0 N–H and O–H groups in total. The molecule has 1 unspecified atom stereocenters. The molecule has 0 aromatic heterocycles. The first-order valence-corrected chi connectivity index (χ1v) is 9.34. The lowest BCUT2D eigenvalue weighted by Gasteiger charge is -2.43. The van der Waals surface area contributed by atoms with Crippen LogP contribution in [-0.2, 0) is 4.87 Å². The maximum atomic E-state index is 13.1. The van der Waals surface area contributed by atoms with Crippen LogP contribution >= 0.6 is 11.8 Å². The van der Waals surface area contributed by atoms with Gasteiger partial charge in [0.15, 0.2) is 0 Å². The molecule has 2 aliphatic rings. The predicted octanol–water partition coefficient (Wildman–Crippen LogP) is 4.63. The summed E-state index contributed by atoms with van der Waals surface area (Å²) in [4.78, 5) is 14.8. The summed E-state index contributed by atoms with van der Waals surface area (Å²) in [7, 11) is 0. The normalized spacial score (nSPS) is 22.5. The largest absolute Gasteiger partial charge is 0.316 e. The lowest BCUT2D eigenvalue weighted by Crippen LogP contribution is -2.46. The molecule has 0 aliphatic carbocycles. The number of hydrogen-bond donors (Lipinski definition) is 0. The van der Waals surface area contributed by atoms with Crippen molar-refractivity contribution < 1.29 is 4.79 Å². The molecule has 2 nitrogen and oxygen atoms in total. The molecule has 3 aromatic carbocycles. The Kier molecular flexibility index (Phi) is 3.01. The van der Waals surface area contributed by atoms with Crippen LogP contribution in [0.25, 0.3) is 10.8 Å². The molecule has 1 fully saturated rings. The smallest absolute Gasteiger partial charge is 0.255 e. The Morgan fingerprint density at radius 3 is 2.58 bits per heavy atom. The van der Waals surface area contributed by atoms with E-state index < -0.39 is 0 Å². The van der Waals surface area contributed by atoms with Gasteiger partial charge in [-0.05, 0) is 29.0 Å². The van der Waals surface area contributed by atoms with Gasteiger partial charge in [0.2, 0.25) is 0 Å². The van der Waals surface area contributed by atoms with Crippen molar-refractivity contribution >= 4 is 28.4 Å². The predicted molar refractivity (Wildman–Crippen MR) is 99.3 cm³/mol. The van der Waals surface area contributed by atoms with Gasteiger partial charge >= 0.3 is 0 Å². The molecule has 1 saturated heterocycles. The third-order valence-corrected chi connectivity index (χ3v) is 6.71. The fourth-order valence-corrected chi connectivity index (χ4v) is 5.71. The van der Waals surface area contributed by atoms with Crippen molar-refractivity contribution in [3.8, 4) is 0 Å². The van der Waals surface area contributed by atoms with Crippen LogP contribution in [0.1, 0.15) is 27.9 Å². The Hall–Kier alpha value is -2.26. The van der Waals surface area contributed by atoms with Gasteiger partial charge in [0.05, 0.1) is 0 Å². The number of carbonyl (C=O) groups excluding carboxylic acids is 1. The van der Waals surface area contributed by atoms with Crippen molar-refractivity contribution in [3.63, 3.8) is 0 Å². The van der Waals surface area contributed by atoms with Crippen LogP contribution < -0.4 is 0 Å². The molecular weight excluding hydrogens is 314 g/mol. The summed E-state index contributed by atoms with van der Waals surface area (Å²) in [5.74, 6) is 1.24. The third-order valence-electron chi connectivity index (χ3n) is 5.14. The zero-order valence-corrected chi connectivity index (χ0v) is 14.1. The number of hydrogen-bond acceptors (Lipinski definition) is 2. The molecule has 2 heterocycles. The minimum atomic E-state index is -0.382. The van der Waals surface area contributed by atoms with Crippen molar-refractivity contribution in [1.82, 2.24) is 4.90 Å². The van der Waals surface area contributed by atoms with Gasteiger partial charge in [-0.2, -0.15) is 0 Å². The highest BCUT2D eigenvalue weighted by Gasteiger charge is 2.52. The molecule has 0 bridgehead atoms. The molecule has 1 amide bonds. The first-order chi connectivity index (χ1) is 11.8. The fourth-order valence-electron chi connectivity index (χ4n) is 4.15. The molecule has 5 rings (SSSR count). The molecule has 2 aliphatic heterocycles. The molecule has 3 heteroatoms. The zero-order valence-electron chi connectivity index (χ0n) is 13.2. The Morgan fingerprint density at radius 2 is 1.62 bits per heavy atom. The van der Waals surface area contributed by atoms with E-state index >= 15 is 0 Å². The molecule has 3 aromatic rings. The minimum Gasteiger partial charge on any atom is -0.316 e. The van der Waals surface area contributed by atoms with Crippen molar-refractivity contribution in [1.29, 1.82) is 0 Å². The first-order valence-electron chi connectivity index (χ1n) is 8.36. The molecular formula is C21H17NOS. The molecule has 1 atom stereocenters. The van der Waals surface area contributed by atoms with Crippen LogP contribution in [0, 0.1) is 0 Å². The van der Waals surface area contributed by atoms with E-state index in [9.17, 15) is 4.79 Å². The van der Waals surface area contributed by atoms with Gasteiger partial charge in [0.25, 0.3) is 5.91 Å². The van der Waals surface area contributed by atoms with Crippen molar-refractivity contribution in [3.05, 3.63) is 83.4 Å². The van der Waals surface area contributed by atoms with Crippen LogP contribution in [0.4, 0.5) is 0 Å². The molecule has 0 saturated carbocycles. The number of rotatable bonds is 1. The van der Waals surface area contributed by atoms with Crippen LogP contribution in [0.3, 0.4) is 0 Å². The first kappa shape index (κ1) is 14.1. The van der Waals surface area contributed by atoms with Crippen molar-refractivity contribution in [2.75, 3.05) is 12.3 Å². The topological polar surface area (TPSA) is 20.3 Å². The lowest BCUT2D eigenvalue weighted by molar-refractivity contribution is 0.0718. The average Bonchev–Trinajstić information content (AvgIpc) is 2.92. The summed E-state index contributed by atoms with van der Waals surface area (Å²) in [5, 5.41) is 2.47. The Balaban J connectivity index is 1.88. The van der Waals surface area contributed by atoms with E-state index in [-0.39, 0.29) is 10.8 Å². The second-order valence-electron chi connectivity index (χ2n) is 6.38. The van der Waals surface area contributed by atoms with Gasteiger partial charge in [-0.3, -0.25) is 4.79 Å². The van der Waals surface area contributed by atoms with Gasteiger partial charge in [0.1, 0.15) is 4.87 Å². The average molecular weight is 331 g/mol. The summed E-state index contributed by atoms with van der Waals surface area (Å²) < 4.78 is 0. The van der Waals surface area contributed by atoms with Crippen molar-refractivity contribution in [2.24, 2.45) is 0 Å². The molecule has 0 radical (unpaired) electrons. The zero-order chi connectivity index (χ0) is 16.1. The fraction of sp³-hybridized carbons (Fsp3) is 0.190. The number of amides is 1. The monoisotopic (exact) mass is 331 g/mol. The standard InChI is InChI=1S/C21H17NOS/c23-20-17-10-3-4-11-19(17)21(22(20)13-6-14-24-21)18-12-5-8-15-7-1-2-9-16(15)18/h1-5,7-12H,6,13-14H2. The van der Waals surface area contributed by atoms with Crippen LogP contribution in [0.5, 0.6) is 0 Å². The Morgan fingerprint density at radius 1 is 0.875 bits per heavy atom. The van der Waals surface area contributed by atoms with Gasteiger partial charge in [-0.25, -0.2) is 0 Å². The number of benzene rings is 3. The number of fused-ring (bicyclic) bond motifs is 4. The summed E-state index contributed by atoms with van der Waals surface area (Å²) in [6.07, 6.45) is 1.05. The highest BCUT2D eigenvalue weighted by atomic mass is 32.2. The highest BCUT2D eigenvalue weighted by Crippen LogP contribution is 2.55. The van der Waals surface area contributed by atoms with E-state index in [1.54, 1.807) is 0 Å². The van der Waals surface area contributed by atoms with Crippen LogP contribution in [-0.4, -0.2) is 23.1 Å². The summed E-state index contributed by atoms with van der Waals surface area (Å²) in [5.41, 5.74) is 3.25. The van der Waals surface area contributed by atoms with E-state index in [4.69, 9.17) is 0 Å². The van der Waals surface area contributed by atoms with E-state index in [0.717, 1.165) is 29.8 Å². The van der Waals surface area contributed by atoms with E-state index in [2.05, 4.69) is 59.5 Å². The number of thioether (sulfide) groups is 1. The third kappa shape index (κ3) is 1.71. The summed E-state index contributed by atoms with van der Waals surface area (Å²) in [6.45, 7) is 0.823. The van der Waals surface area contributed by atoms with Gasteiger partial charge in [0, 0.05) is 23.2 Å². The Labute approximate surface area is 145 Å². The second kappa shape index (κ2) is 5.12. The lowest BCUT2D eigenvalue weighted by atomic mass is 9.92. The molecule has 0 spiro atoms. The van der Waals surface area contributed by atoms with Crippen molar-refractivity contribution in [2.45, 2.75) is 11.3 Å². The van der Waals surface area contributed by atoms with E-state index in [1.165, 1.54) is 16.3 Å². The van der Waals surface area contributed by atoms with Gasteiger partial charge in [-0.1, -0.05) is 60.7 Å². The maximum absolute atomic E-state index is 13.1.